The van der Waals surface area contributed by atoms with E-state index in [0.717, 1.165) is 35.6 Å². The summed E-state index contributed by atoms with van der Waals surface area (Å²) in [6.07, 6.45) is 13.0. The van der Waals surface area contributed by atoms with Gasteiger partial charge < -0.3 is 5.32 Å². The standard InChI is InChI=1S/C20H39N/c1-5-10-21-20(18-9-7-8-17(6-2)14-18)19-12-15(3)11-16(4)13-19/h15-21H,5-14H2,1-4H3. The molecule has 2 fully saturated rings. The molecule has 0 heterocycles. The van der Waals surface area contributed by atoms with Gasteiger partial charge in [-0.2, -0.15) is 0 Å². The Balaban J connectivity index is 2.02. The van der Waals surface area contributed by atoms with Crippen molar-refractivity contribution in [3.63, 3.8) is 0 Å². The largest absolute Gasteiger partial charge is 0.313 e. The summed E-state index contributed by atoms with van der Waals surface area (Å²) < 4.78 is 0. The monoisotopic (exact) mass is 293 g/mol. The van der Waals surface area contributed by atoms with Crippen LogP contribution in [0.15, 0.2) is 0 Å². The van der Waals surface area contributed by atoms with E-state index in [9.17, 15) is 0 Å². The highest BCUT2D eigenvalue weighted by Crippen LogP contribution is 2.41. The van der Waals surface area contributed by atoms with E-state index in [1.807, 2.05) is 0 Å². The second-order valence-corrected chi connectivity index (χ2v) is 8.36. The molecule has 0 amide bonds. The van der Waals surface area contributed by atoms with E-state index in [1.165, 1.54) is 64.3 Å². The summed E-state index contributed by atoms with van der Waals surface area (Å²) in [7, 11) is 0. The molecule has 0 saturated heterocycles. The van der Waals surface area contributed by atoms with Gasteiger partial charge in [0.1, 0.15) is 0 Å². The fraction of sp³-hybridized carbons (Fsp3) is 1.00. The van der Waals surface area contributed by atoms with E-state index in [-0.39, 0.29) is 0 Å². The molecule has 2 saturated carbocycles. The van der Waals surface area contributed by atoms with Crippen LogP contribution >= 0.6 is 0 Å². The van der Waals surface area contributed by atoms with Gasteiger partial charge in [0.15, 0.2) is 0 Å². The van der Waals surface area contributed by atoms with Crippen molar-refractivity contribution >= 4 is 0 Å². The first-order chi connectivity index (χ1) is 10.1. The summed E-state index contributed by atoms with van der Waals surface area (Å²) in [4.78, 5) is 0. The molecule has 0 spiro atoms. The minimum absolute atomic E-state index is 0.810. The first-order valence-corrected chi connectivity index (χ1v) is 9.87. The maximum atomic E-state index is 3.99. The molecule has 2 rings (SSSR count). The van der Waals surface area contributed by atoms with Crippen LogP contribution in [0.2, 0.25) is 0 Å². The van der Waals surface area contributed by atoms with Crippen molar-refractivity contribution in [2.24, 2.45) is 29.6 Å². The fourth-order valence-corrected chi connectivity index (χ4v) is 5.36. The molecule has 5 unspecified atom stereocenters. The lowest BCUT2D eigenvalue weighted by atomic mass is 9.67. The Labute approximate surface area is 133 Å². The Morgan fingerprint density at radius 3 is 2.24 bits per heavy atom. The average molecular weight is 294 g/mol. The minimum atomic E-state index is 0.810. The smallest absolute Gasteiger partial charge is 0.0124 e. The zero-order valence-corrected chi connectivity index (χ0v) is 15.0. The van der Waals surface area contributed by atoms with Gasteiger partial charge in [0.2, 0.25) is 0 Å². The molecule has 5 atom stereocenters. The molecule has 124 valence electrons. The van der Waals surface area contributed by atoms with Gasteiger partial charge in [-0.05, 0) is 74.7 Å². The molecule has 1 nitrogen and oxygen atoms in total. The Morgan fingerprint density at radius 1 is 0.905 bits per heavy atom. The number of rotatable bonds is 6. The molecule has 21 heavy (non-hydrogen) atoms. The molecule has 2 aliphatic rings. The van der Waals surface area contributed by atoms with Crippen LogP contribution in [0.25, 0.3) is 0 Å². The van der Waals surface area contributed by atoms with Crippen LogP contribution < -0.4 is 5.32 Å². The van der Waals surface area contributed by atoms with Crippen LogP contribution in [0.4, 0.5) is 0 Å². The van der Waals surface area contributed by atoms with Crippen molar-refractivity contribution < 1.29 is 0 Å². The Bertz CT molecular complexity index is 278. The third kappa shape index (κ3) is 4.98. The second kappa shape index (κ2) is 8.56. The summed E-state index contributed by atoms with van der Waals surface area (Å²) in [5.74, 6) is 4.78. The Hall–Kier alpha value is -0.0400. The first kappa shape index (κ1) is 17.3. The lowest BCUT2D eigenvalue weighted by molar-refractivity contribution is 0.110. The van der Waals surface area contributed by atoms with Gasteiger partial charge >= 0.3 is 0 Å². The summed E-state index contributed by atoms with van der Waals surface area (Å²) in [6, 6.07) is 0.810. The maximum absolute atomic E-state index is 3.99. The van der Waals surface area contributed by atoms with Gasteiger partial charge in [-0.3, -0.25) is 0 Å². The van der Waals surface area contributed by atoms with E-state index in [1.54, 1.807) is 0 Å². The quantitative estimate of drug-likeness (QED) is 0.668. The summed E-state index contributed by atoms with van der Waals surface area (Å²) in [6.45, 7) is 10.9. The van der Waals surface area contributed by atoms with Gasteiger partial charge in [-0.1, -0.05) is 47.0 Å². The van der Waals surface area contributed by atoms with Crippen molar-refractivity contribution in [3.8, 4) is 0 Å². The van der Waals surface area contributed by atoms with E-state index >= 15 is 0 Å². The lowest BCUT2D eigenvalue weighted by Gasteiger charge is -2.43. The fourth-order valence-electron chi connectivity index (χ4n) is 5.36. The van der Waals surface area contributed by atoms with Crippen LogP contribution in [0.3, 0.4) is 0 Å². The highest BCUT2D eigenvalue weighted by atomic mass is 14.9. The van der Waals surface area contributed by atoms with Crippen LogP contribution in [-0.2, 0) is 0 Å². The first-order valence-electron chi connectivity index (χ1n) is 9.87. The predicted molar refractivity (Wildman–Crippen MR) is 93.5 cm³/mol. The highest BCUT2D eigenvalue weighted by Gasteiger charge is 2.36. The SMILES string of the molecule is CCCNC(C1CC(C)CC(C)C1)C1CCCC(CC)C1. The summed E-state index contributed by atoms with van der Waals surface area (Å²) in [5.41, 5.74) is 0. The molecular weight excluding hydrogens is 254 g/mol. The van der Waals surface area contributed by atoms with Crippen LogP contribution in [0.5, 0.6) is 0 Å². The lowest BCUT2D eigenvalue weighted by Crippen LogP contribution is -2.46. The zero-order valence-electron chi connectivity index (χ0n) is 15.0. The summed E-state index contributed by atoms with van der Waals surface area (Å²) >= 11 is 0. The van der Waals surface area contributed by atoms with Crippen molar-refractivity contribution in [3.05, 3.63) is 0 Å². The molecule has 0 aromatic rings. The van der Waals surface area contributed by atoms with E-state index in [4.69, 9.17) is 0 Å². The normalized spacial score (nSPS) is 39.1. The third-order valence-corrected chi connectivity index (χ3v) is 6.26. The number of hydrogen-bond acceptors (Lipinski definition) is 1. The van der Waals surface area contributed by atoms with Crippen LogP contribution in [-0.4, -0.2) is 12.6 Å². The molecule has 0 aromatic carbocycles. The van der Waals surface area contributed by atoms with E-state index in [2.05, 4.69) is 33.0 Å². The predicted octanol–water partition coefficient (Wildman–Crippen LogP) is 5.64. The third-order valence-electron chi connectivity index (χ3n) is 6.26. The molecule has 0 bridgehead atoms. The molecule has 0 aromatic heterocycles. The highest BCUT2D eigenvalue weighted by molar-refractivity contribution is 4.90. The van der Waals surface area contributed by atoms with Crippen molar-refractivity contribution in [2.45, 2.75) is 91.5 Å². The molecular formula is C20H39N. The van der Waals surface area contributed by atoms with Crippen molar-refractivity contribution in [1.29, 1.82) is 0 Å². The molecule has 1 heteroatoms. The van der Waals surface area contributed by atoms with E-state index < -0.39 is 0 Å². The average Bonchev–Trinajstić information content (AvgIpc) is 2.47. The topological polar surface area (TPSA) is 12.0 Å². The van der Waals surface area contributed by atoms with Gasteiger partial charge in [0.05, 0.1) is 0 Å². The van der Waals surface area contributed by atoms with Gasteiger partial charge in [-0.15, -0.1) is 0 Å². The van der Waals surface area contributed by atoms with Crippen molar-refractivity contribution in [2.75, 3.05) is 6.54 Å². The van der Waals surface area contributed by atoms with Crippen LogP contribution in [0.1, 0.15) is 85.5 Å². The second-order valence-electron chi connectivity index (χ2n) is 8.36. The van der Waals surface area contributed by atoms with Gasteiger partial charge in [0.25, 0.3) is 0 Å². The van der Waals surface area contributed by atoms with Gasteiger partial charge in [0, 0.05) is 6.04 Å². The van der Waals surface area contributed by atoms with Gasteiger partial charge in [-0.25, -0.2) is 0 Å². The molecule has 0 radical (unpaired) electrons. The van der Waals surface area contributed by atoms with E-state index in [0.29, 0.717) is 0 Å². The van der Waals surface area contributed by atoms with Crippen LogP contribution in [0, 0.1) is 29.6 Å². The Kier molecular flexibility index (Phi) is 7.05. The maximum Gasteiger partial charge on any atom is 0.0124 e. The number of hydrogen-bond donors (Lipinski definition) is 1. The van der Waals surface area contributed by atoms with Crippen molar-refractivity contribution in [1.82, 2.24) is 5.32 Å². The molecule has 2 aliphatic carbocycles. The number of nitrogens with one attached hydrogen (secondary N) is 1. The molecule has 1 N–H and O–H groups in total. The minimum Gasteiger partial charge on any atom is -0.313 e. The molecule has 0 aliphatic heterocycles. The zero-order chi connectivity index (χ0) is 15.2. The Morgan fingerprint density at radius 2 is 1.62 bits per heavy atom. The summed E-state index contributed by atoms with van der Waals surface area (Å²) in [5, 5.41) is 3.99.